The van der Waals surface area contributed by atoms with E-state index in [0.717, 1.165) is 0 Å². The predicted molar refractivity (Wildman–Crippen MR) is 77.5 cm³/mol. The summed E-state index contributed by atoms with van der Waals surface area (Å²) in [5.41, 5.74) is -0.259. The van der Waals surface area contributed by atoms with Crippen molar-refractivity contribution in [2.45, 2.75) is 33.1 Å². The van der Waals surface area contributed by atoms with E-state index in [1.807, 2.05) is 5.32 Å². The monoisotopic (exact) mass is 342 g/mol. The number of alkyl halides is 3. The quantitative estimate of drug-likeness (QED) is 0.796. The highest BCUT2D eigenvalue weighted by Crippen LogP contribution is 2.27. The molecule has 0 aromatic heterocycles. The van der Waals surface area contributed by atoms with Crippen molar-refractivity contribution in [3.8, 4) is 0 Å². The number of hydrogen-bond donors (Lipinski definition) is 2. The summed E-state index contributed by atoms with van der Waals surface area (Å²) in [6.07, 6.45) is -5.90. The molecule has 0 fully saturated rings. The summed E-state index contributed by atoms with van der Waals surface area (Å²) < 4.78 is 37.1. The van der Waals surface area contributed by atoms with Crippen LogP contribution in [0, 0.1) is 5.41 Å². The first-order valence-electron chi connectivity index (χ1n) is 6.00. The molecule has 0 radical (unpaired) electrons. The molecule has 0 bridgehead atoms. The molecule has 21 heavy (non-hydrogen) atoms. The number of halogens is 5. The highest BCUT2D eigenvalue weighted by molar-refractivity contribution is 6.35. The van der Waals surface area contributed by atoms with E-state index in [0.29, 0.717) is 15.7 Å². The first kappa shape index (κ1) is 17.9. The second-order valence-electron chi connectivity index (χ2n) is 5.57. The fourth-order valence-corrected chi connectivity index (χ4v) is 2.01. The number of nitrogens with one attached hydrogen (secondary N) is 2. The van der Waals surface area contributed by atoms with Crippen LogP contribution in [0.15, 0.2) is 18.2 Å². The molecule has 0 heterocycles. The summed E-state index contributed by atoms with van der Waals surface area (Å²) in [5, 5.41) is 5.39. The second kappa shape index (κ2) is 6.32. The molecule has 3 nitrogen and oxygen atoms in total. The molecule has 1 amide bonds. The van der Waals surface area contributed by atoms with E-state index < -0.39 is 23.7 Å². The third-order valence-electron chi connectivity index (χ3n) is 2.57. The fourth-order valence-electron chi connectivity index (χ4n) is 1.49. The molecule has 0 unspecified atom stereocenters. The van der Waals surface area contributed by atoms with Gasteiger partial charge in [0.25, 0.3) is 0 Å². The maximum atomic E-state index is 12.4. The second-order valence-corrected chi connectivity index (χ2v) is 6.45. The predicted octanol–water partition coefficient (Wildman–Crippen LogP) is 4.46. The van der Waals surface area contributed by atoms with E-state index in [9.17, 15) is 18.0 Å². The molecule has 2 N–H and O–H groups in total. The highest BCUT2D eigenvalue weighted by Gasteiger charge is 2.41. The minimum atomic E-state index is -4.95. The van der Waals surface area contributed by atoms with Gasteiger partial charge in [0.05, 0.1) is 0 Å². The molecule has 0 aliphatic heterocycles. The zero-order valence-electron chi connectivity index (χ0n) is 11.6. The Morgan fingerprint density at radius 2 is 1.57 bits per heavy atom. The highest BCUT2D eigenvalue weighted by atomic mass is 35.5. The molecule has 1 aromatic rings. The Labute approximate surface area is 130 Å². The van der Waals surface area contributed by atoms with Crippen LogP contribution in [0.25, 0.3) is 0 Å². The molecule has 0 saturated heterocycles. The lowest BCUT2D eigenvalue weighted by Crippen LogP contribution is -2.52. The summed E-state index contributed by atoms with van der Waals surface area (Å²) in [6, 6.07) is 4.51. The summed E-state index contributed by atoms with van der Waals surface area (Å²) in [5.74, 6) is -2.01. The molecule has 0 spiro atoms. The van der Waals surface area contributed by atoms with Gasteiger partial charge in [-0.05, 0) is 18.2 Å². The standard InChI is InChI=1S/C13H15Cl2F3N2O/c1-12(2,3)10(20-11(21)13(16,17)18)19-9-5-7(14)4-8(15)6-9/h4-6,10,19H,1-3H3,(H,20,21)/t10-/m1/s1. The van der Waals surface area contributed by atoms with Crippen LogP contribution < -0.4 is 10.6 Å². The van der Waals surface area contributed by atoms with Gasteiger partial charge in [-0.1, -0.05) is 44.0 Å². The Balaban J connectivity index is 2.97. The van der Waals surface area contributed by atoms with E-state index in [-0.39, 0.29) is 0 Å². The van der Waals surface area contributed by atoms with Gasteiger partial charge >= 0.3 is 12.1 Å². The largest absolute Gasteiger partial charge is 0.471 e. The van der Waals surface area contributed by atoms with Crippen LogP contribution in [0.3, 0.4) is 0 Å². The summed E-state index contributed by atoms with van der Waals surface area (Å²) in [6.45, 7) is 5.06. The van der Waals surface area contributed by atoms with E-state index in [1.165, 1.54) is 18.2 Å². The van der Waals surface area contributed by atoms with Crippen LogP contribution in [0.2, 0.25) is 10.0 Å². The first-order valence-corrected chi connectivity index (χ1v) is 6.75. The maximum Gasteiger partial charge on any atom is 0.471 e. The molecule has 1 rings (SSSR count). The Morgan fingerprint density at radius 3 is 1.95 bits per heavy atom. The van der Waals surface area contributed by atoms with Gasteiger partial charge in [-0.25, -0.2) is 0 Å². The summed E-state index contributed by atoms with van der Waals surface area (Å²) in [7, 11) is 0. The number of amides is 1. The summed E-state index contributed by atoms with van der Waals surface area (Å²) in [4.78, 5) is 11.1. The van der Waals surface area contributed by atoms with Gasteiger partial charge in [0.2, 0.25) is 0 Å². The molecule has 118 valence electrons. The Bertz CT molecular complexity index is 507. The Kier molecular flexibility index (Phi) is 5.39. The molecule has 0 aliphatic carbocycles. The van der Waals surface area contributed by atoms with E-state index in [1.54, 1.807) is 20.8 Å². The van der Waals surface area contributed by atoms with Crippen LogP contribution in [0.1, 0.15) is 20.8 Å². The number of carbonyl (C=O) groups excluding carboxylic acids is 1. The zero-order chi connectivity index (χ0) is 16.4. The minimum Gasteiger partial charge on any atom is -0.365 e. The molecule has 8 heteroatoms. The van der Waals surface area contributed by atoms with Crippen molar-refractivity contribution in [1.29, 1.82) is 0 Å². The van der Waals surface area contributed by atoms with Crippen LogP contribution in [0.4, 0.5) is 18.9 Å². The number of rotatable bonds is 3. The third kappa shape index (κ3) is 5.63. The first-order chi connectivity index (χ1) is 9.39. The zero-order valence-corrected chi connectivity index (χ0v) is 13.1. The van der Waals surface area contributed by atoms with Crippen LogP contribution in [-0.4, -0.2) is 18.2 Å². The minimum absolute atomic E-state index is 0.333. The van der Waals surface area contributed by atoms with Gasteiger partial charge in [0, 0.05) is 21.1 Å². The number of benzene rings is 1. The number of hydrogen-bond acceptors (Lipinski definition) is 2. The Hall–Kier alpha value is -1.14. The van der Waals surface area contributed by atoms with Gasteiger partial charge in [0.1, 0.15) is 6.17 Å². The molecule has 0 saturated carbocycles. The molecule has 1 atom stereocenters. The van der Waals surface area contributed by atoms with E-state index in [2.05, 4.69) is 5.32 Å². The average Bonchev–Trinajstić information content (AvgIpc) is 2.23. The third-order valence-corrected chi connectivity index (χ3v) is 3.01. The lowest BCUT2D eigenvalue weighted by atomic mass is 9.92. The lowest BCUT2D eigenvalue weighted by Gasteiger charge is -2.33. The molecule has 1 aromatic carbocycles. The van der Waals surface area contributed by atoms with Gasteiger partial charge < -0.3 is 10.6 Å². The maximum absolute atomic E-state index is 12.4. The van der Waals surface area contributed by atoms with Gasteiger partial charge in [-0.15, -0.1) is 0 Å². The van der Waals surface area contributed by atoms with Crippen LogP contribution in [0.5, 0.6) is 0 Å². The van der Waals surface area contributed by atoms with Crippen molar-refractivity contribution in [3.05, 3.63) is 28.2 Å². The molecular formula is C13H15Cl2F3N2O. The van der Waals surface area contributed by atoms with Gasteiger partial charge in [-0.3, -0.25) is 4.79 Å². The van der Waals surface area contributed by atoms with Crippen molar-refractivity contribution in [1.82, 2.24) is 5.32 Å². The topological polar surface area (TPSA) is 41.1 Å². The number of carbonyl (C=O) groups is 1. The SMILES string of the molecule is CC(C)(C)[C@@H](NC(=O)C(F)(F)F)Nc1cc(Cl)cc(Cl)c1. The lowest BCUT2D eigenvalue weighted by molar-refractivity contribution is -0.174. The normalized spacial score (nSPS) is 13.7. The Morgan fingerprint density at radius 1 is 1.10 bits per heavy atom. The van der Waals surface area contributed by atoms with E-state index >= 15 is 0 Å². The van der Waals surface area contributed by atoms with Crippen LogP contribution >= 0.6 is 23.2 Å². The van der Waals surface area contributed by atoms with Gasteiger partial charge in [-0.2, -0.15) is 13.2 Å². The van der Waals surface area contributed by atoms with Crippen molar-refractivity contribution >= 4 is 34.8 Å². The fraction of sp³-hybridized carbons (Fsp3) is 0.462. The van der Waals surface area contributed by atoms with Crippen molar-refractivity contribution in [3.63, 3.8) is 0 Å². The number of anilines is 1. The molecular weight excluding hydrogens is 328 g/mol. The van der Waals surface area contributed by atoms with Crippen molar-refractivity contribution in [2.75, 3.05) is 5.32 Å². The summed E-state index contributed by atoms with van der Waals surface area (Å²) >= 11 is 11.7. The molecule has 0 aliphatic rings. The van der Waals surface area contributed by atoms with Crippen molar-refractivity contribution < 1.29 is 18.0 Å². The van der Waals surface area contributed by atoms with Crippen LogP contribution in [-0.2, 0) is 4.79 Å². The average molecular weight is 343 g/mol. The van der Waals surface area contributed by atoms with Crippen molar-refractivity contribution in [2.24, 2.45) is 5.41 Å². The van der Waals surface area contributed by atoms with E-state index in [4.69, 9.17) is 23.2 Å². The smallest absolute Gasteiger partial charge is 0.365 e. The van der Waals surface area contributed by atoms with Gasteiger partial charge in [0.15, 0.2) is 0 Å².